The molecule has 3 rings (SSSR count). The molecule has 2 aromatic rings. The van der Waals surface area contributed by atoms with Gasteiger partial charge in [-0.1, -0.05) is 6.07 Å². The zero-order valence-electron chi connectivity index (χ0n) is 10.5. The molecule has 1 aliphatic rings. The molecule has 1 aromatic heterocycles. The van der Waals surface area contributed by atoms with E-state index in [1.807, 2.05) is 12.3 Å². The summed E-state index contributed by atoms with van der Waals surface area (Å²) in [4.78, 5) is 6.72. The van der Waals surface area contributed by atoms with Crippen LogP contribution < -0.4 is 10.2 Å². The molecule has 1 atom stereocenters. The lowest BCUT2D eigenvalue weighted by Crippen LogP contribution is -2.33. The minimum Gasteiger partial charge on any atom is -0.370 e. The Labute approximate surface area is 114 Å². The van der Waals surface area contributed by atoms with Crippen molar-refractivity contribution in [3.63, 3.8) is 0 Å². The maximum atomic E-state index is 4.35. The largest absolute Gasteiger partial charge is 0.370 e. The minimum absolute atomic E-state index is 0. The second-order valence-corrected chi connectivity index (χ2v) is 4.64. The number of pyridine rings is 1. The summed E-state index contributed by atoms with van der Waals surface area (Å²) in [7, 11) is 2.18. The van der Waals surface area contributed by atoms with Gasteiger partial charge in [-0.2, -0.15) is 0 Å². The Morgan fingerprint density at radius 2 is 2.22 bits per heavy atom. The molecular formula is C14H18ClN3. The molecule has 0 saturated carbocycles. The second kappa shape index (κ2) is 5.55. The molecule has 96 valence electrons. The van der Waals surface area contributed by atoms with Crippen LogP contribution in [0.25, 0.3) is 10.9 Å². The average molecular weight is 264 g/mol. The summed E-state index contributed by atoms with van der Waals surface area (Å²) < 4.78 is 0. The molecule has 0 amide bonds. The number of halogens is 1. The molecule has 3 nitrogen and oxygen atoms in total. The van der Waals surface area contributed by atoms with Gasteiger partial charge in [0.25, 0.3) is 0 Å². The van der Waals surface area contributed by atoms with Crippen LogP contribution in [0.4, 0.5) is 5.69 Å². The Balaban J connectivity index is 0.00000120. The van der Waals surface area contributed by atoms with Crippen molar-refractivity contribution >= 4 is 29.0 Å². The topological polar surface area (TPSA) is 28.2 Å². The van der Waals surface area contributed by atoms with Gasteiger partial charge in [-0.3, -0.25) is 4.98 Å². The maximum Gasteiger partial charge on any atom is 0.0703 e. The summed E-state index contributed by atoms with van der Waals surface area (Å²) >= 11 is 0. The third-order valence-corrected chi connectivity index (χ3v) is 3.58. The van der Waals surface area contributed by atoms with E-state index < -0.39 is 0 Å². The Hall–Kier alpha value is -1.32. The fourth-order valence-corrected chi connectivity index (χ4v) is 2.46. The van der Waals surface area contributed by atoms with Crippen molar-refractivity contribution in [2.24, 2.45) is 0 Å². The SMILES string of the molecule is CN(c1ccc2ncccc2c1)C1CCNC1.Cl. The smallest absolute Gasteiger partial charge is 0.0703 e. The van der Waals surface area contributed by atoms with Crippen molar-refractivity contribution in [3.8, 4) is 0 Å². The monoisotopic (exact) mass is 263 g/mol. The highest BCUT2D eigenvalue weighted by atomic mass is 35.5. The van der Waals surface area contributed by atoms with Crippen LogP contribution in [0.15, 0.2) is 36.5 Å². The van der Waals surface area contributed by atoms with Crippen molar-refractivity contribution in [2.75, 3.05) is 25.0 Å². The van der Waals surface area contributed by atoms with Crippen molar-refractivity contribution in [2.45, 2.75) is 12.5 Å². The molecule has 18 heavy (non-hydrogen) atoms. The average Bonchev–Trinajstić information content (AvgIpc) is 2.91. The van der Waals surface area contributed by atoms with Crippen molar-refractivity contribution in [3.05, 3.63) is 36.5 Å². The van der Waals surface area contributed by atoms with Gasteiger partial charge in [0, 0.05) is 36.9 Å². The van der Waals surface area contributed by atoms with Gasteiger partial charge < -0.3 is 10.2 Å². The normalized spacial score (nSPS) is 18.6. The first-order chi connectivity index (χ1) is 8.34. The van der Waals surface area contributed by atoms with E-state index in [0.29, 0.717) is 6.04 Å². The van der Waals surface area contributed by atoms with Crippen molar-refractivity contribution in [1.29, 1.82) is 0 Å². The molecule has 1 aliphatic heterocycles. The number of hydrogen-bond donors (Lipinski definition) is 1. The summed E-state index contributed by atoms with van der Waals surface area (Å²) in [5.41, 5.74) is 2.34. The molecule has 1 fully saturated rings. The van der Waals surface area contributed by atoms with Gasteiger partial charge in [0.1, 0.15) is 0 Å². The lowest BCUT2D eigenvalue weighted by Gasteiger charge is -2.26. The van der Waals surface area contributed by atoms with E-state index in [4.69, 9.17) is 0 Å². The van der Waals surface area contributed by atoms with E-state index in [2.05, 4.69) is 46.5 Å². The molecule has 2 heterocycles. The van der Waals surface area contributed by atoms with Crippen LogP contribution in [0.3, 0.4) is 0 Å². The van der Waals surface area contributed by atoms with Crippen LogP contribution in [-0.2, 0) is 0 Å². The number of fused-ring (bicyclic) bond motifs is 1. The Kier molecular flexibility index (Phi) is 4.04. The molecule has 1 N–H and O–H groups in total. The van der Waals surface area contributed by atoms with Gasteiger partial charge in [-0.05, 0) is 37.2 Å². The number of nitrogens with one attached hydrogen (secondary N) is 1. The number of benzene rings is 1. The maximum absolute atomic E-state index is 4.35. The molecule has 4 heteroatoms. The number of rotatable bonds is 2. The van der Waals surface area contributed by atoms with Crippen LogP contribution in [-0.4, -0.2) is 31.2 Å². The Morgan fingerprint density at radius 3 is 3.00 bits per heavy atom. The summed E-state index contributed by atoms with van der Waals surface area (Å²) in [5, 5.41) is 4.62. The highest BCUT2D eigenvalue weighted by Gasteiger charge is 2.19. The van der Waals surface area contributed by atoms with Crippen molar-refractivity contribution < 1.29 is 0 Å². The van der Waals surface area contributed by atoms with E-state index in [1.54, 1.807) is 0 Å². The Bertz CT molecular complexity index is 523. The van der Waals surface area contributed by atoms with Crippen LogP contribution in [0.5, 0.6) is 0 Å². The highest BCUT2D eigenvalue weighted by Crippen LogP contribution is 2.22. The predicted octanol–water partition coefficient (Wildman–Crippen LogP) is 2.45. The van der Waals surface area contributed by atoms with E-state index in [0.717, 1.165) is 18.6 Å². The molecule has 0 bridgehead atoms. The standard InChI is InChI=1S/C14H17N3.ClH/c1-17(13-6-8-15-10-13)12-4-5-14-11(9-12)3-2-7-16-14;/h2-5,7,9,13,15H,6,8,10H2,1H3;1H. The van der Waals surface area contributed by atoms with Gasteiger partial charge in [-0.15, -0.1) is 12.4 Å². The van der Waals surface area contributed by atoms with Crippen LogP contribution in [0, 0.1) is 0 Å². The zero-order chi connectivity index (χ0) is 11.7. The first kappa shape index (κ1) is 13.1. The fraction of sp³-hybridized carbons (Fsp3) is 0.357. The number of nitrogens with zero attached hydrogens (tertiary/aromatic N) is 2. The van der Waals surface area contributed by atoms with Gasteiger partial charge in [-0.25, -0.2) is 0 Å². The second-order valence-electron chi connectivity index (χ2n) is 4.64. The zero-order valence-corrected chi connectivity index (χ0v) is 11.3. The van der Waals surface area contributed by atoms with E-state index in [9.17, 15) is 0 Å². The Morgan fingerprint density at radius 1 is 1.33 bits per heavy atom. The number of aromatic nitrogens is 1. The van der Waals surface area contributed by atoms with Gasteiger partial charge in [0.05, 0.1) is 5.52 Å². The number of hydrogen-bond acceptors (Lipinski definition) is 3. The van der Waals surface area contributed by atoms with Gasteiger partial charge >= 0.3 is 0 Å². The van der Waals surface area contributed by atoms with Crippen LogP contribution in [0.2, 0.25) is 0 Å². The molecule has 1 aromatic carbocycles. The first-order valence-electron chi connectivity index (χ1n) is 6.13. The first-order valence-corrected chi connectivity index (χ1v) is 6.13. The summed E-state index contributed by atoms with van der Waals surface area (Å²) in [6.07, 6.45) is 3.06. The lowest BCUT2D eigenvalue weighted by atomic mass is 10.1. The van der Waals surface area contributed by atoms with Crippen molar-refractivity contribution in [1.82, 2.24) is 10.3 Å². The molecule has 1 unspecified atom stereocenters. The van der Waals surface area contributed by atoms with Crippen LogP contribution in [0.1, 0.15) is 6.42 Å². The molecular weight excluding hydrogens is 246 g/mol. The quantitative estimate of drug-likeness (QED) is 0.902. The number of likely N-dealkylation sites (N-methyl/N-ethyl adjacent to an activating group) is 1. The summed E-state index contributed by atoms with van der Waals surface area (Å²) in [6, 6.07) is 11.2. The third kappa shape index (κ3) is 2.42. The minimum atomic E-state index is 0. The van der Waals surface area contributed by atoms with Gasteiger partial charge in [0.15, 0.2) is 0 Å². The number of anilines is 1. The third-order valence-electron chi connectivity index (χ3n) is 3.58. The molecule has 1 saturated heterocycles. The van der Waals surface area contributed by atoms with E-state index in [1.165, 1.54) is 17.5 Å². The summed E-state index contributed by atoms with van der Waals surface area (Å²) in [5.74, 6) is 0. The fourth-order valence-electron chi connectivity index (χ4n) is 2.46. The summed E-state index contributed by atoms with van der Waals surface area (Å²) in [6.45, 7) is 2.21. The van der Waals surface area contributed by atoms with Crippen LogP contribution >= 0.6 is 12.4 Å². The highest BCUT2D eigenvalue weighted by molar-refractivity contribution is 5.85. The van der Waals surface area contributed by atoms with E-state index in [-0.39, 0.29) is 12.4 Å². The molecule has 0 aliphatic carbocycles. The molecule has 0 radical (unpaired) electrons. The predicted molar refractivity (Wildman–Crippen MR) is 78.7 cm³/mol. The lowest BCUT2D eigenvalue weighted by molar-refractivity contribution is 0.686. The molecule has 0 spiro atoms. The van der Waals surface area contributed by atoms with E-state index >= 15 is 0 Å². The van der Waals surface area contributed by atoms with Gasteiger partial charge in [0.2, 0.25) is 0 Å².